The van der Waals surface area contributed by atoms with Gasteiger partial charge in [-0.3, -0.25) is 5.10 Å². The molecule has 0 amide bonds. The number of aromatic nitrogens is 3. The Morgan fingerprint density at radius 3 is 2.62 bits per heavy atom. The van der Waals surface area contributed by atoms with Crippen LogP contribution in [0.5, 0.6) is 0 Å². The smallest absolute Gasteiger partial charge is 0.181 e. The van der Waals surface area contributed by atoms with Gasteiger partial charge >= 0.3 is 0 Å². The molecule has 86 valence electrons. The number of hydrogen-bond acceptors (Lipinski definition) is 2. The zero-order valence-corrected chi connectivity index (χ0v) is 10.4. The summed E-state index contributed by atoms with van der Waals surface area (Å²) in [6.07, 6.45) is 3.01. The van der Waals surface area contributed by atoms with Crippen LogP contribution in [0.2, 0.25) is 0 Å². The van der Waals surface area contributed by atoms with E-state index in [1.54, 1.807) is 0 Å². The molecular weight excluding hydrogens is 198 g/mol. The molecule has 0 atom stereocenters. The number of hydrogen-bond donors (Lipinski definition) is 1. The van der Waals surface area contributed by atoms with Crippen LogP contribution in [0.3, 0.4) is 0 Å². The molecule has 0 aromatic carbocycles. The van der Waals surface area contributed by atoms with Crippen LogP contribution in [0.25, 0.3) is 11.0 Å². The van der Waals surface area contributed by atoms with Gasteiger partial charge in [0.05, 0.1) is 0 Å². The van der Waals surface area contributed by atoms with Gasteiger partial charge in [0, 0.05) is 17.3 Å². The second kappa shape index (κ2) is 4.24. The van der Waals surface area contributed by atoms with Gasteiger partial charge in [0.15, 0.2) is 5.65 Å². The maximum Gasteiger partial charge on any atom is 0.181 e. The molecule has 0 unspecified atom stereocenters. The Morgan fingerprint density at radius 2 is 2.00 bits per heavy atom. The molecule has 2 heterocycles. The van der Waals surface area contributed by atoms with Crippen LogP contribution in [0.15, 0.2) is 12.3 Å². The highest BCUT2D eigenvalue weighted by Gasteiger charge is 2.10. The van der Waals surface area contributed by atoms with E-state index in [1.807, 2.05) is 6.20 Å². The van der Waals surface area contributed by atoms with Crippen LogP contribution in [-0.2, 0) is 6.42 Å². The number of H-pyrrole nitrogens is 1. The maximum atomic E-state index is 4.39. The van der Waals surface area contributed by atoms with Crippen LogP contribution in [0.4, 0.5) is 0 Å². The Labute approximate surface area is 96.3 Å². The standard InChI is InChI=1S/C13H19N3/c1-8(2)5-10-6-11-12(9(3)4)15-16-13(11)14-7-10/h6-9H,5H2,1-4H3,(H,14,15,16). The third-order valence-corrected chi connectivity index (χ3v) is 2.72. The number of aromatic amines is 1. The molecular formula is C13H19N3. The van der Waals surface area contributed by atoms with E-state index in [1.165, 1.54) is 16.6 Å². The Hall–Kier alpha value is -1.38. The quantitative estimate of drug-likeness (QED) is 0.857. The van der Waals surface area contributed by atoms with E-state index in [9.17, 15) is 0 Å². The van der Waals surface area contributed by atoms with Crippen molar-refractivity contribution in [2.75, 3.05) is 0 Å². The van der Waals surface area contributed by atoms with Gasteiger partial charge in [0.1, 0.15) is 0 Å². The summed E-state index contributed by atoms with van der Waals surface area (Å²) in [5, 5.41) is 8.48. The number of nitrogens with zero attached hydrogens (tertiary/aromatic N) is 2. The molecule has 0 aliphatic carbocycles. The van der Waals surface area contributed by atoms with Crippen molar-refractivity contribution in [1.29, 1.82) is 0 Å². The predicted octanol–water partition coefficient (Wildman–Crippen LogP) is 3.28. The van der Waals surface area contributed by atoms with Gasteiger partial charge < -0.3 is 0 Å². The Kier molecular flexibility index (Phi) is 2.95. The summed E-state index contributed by atoms with van der Waals surface area (Å²) in [7, 11) is 0. The predicted molar refractivity (Wildman–Crippen MR) is 66.5 cm³/mol. The van der Waals surface area contributed by atoms with Gasteiger partial charge in [-0.15, -0.1) is 0 Å². The van der Waals surface area contributed by atoms with Crippen molar-refractivity contribution in [2.24, 2.45) is 5.92 Å². The van der Waals surface area contributed by atoms with Crippen molar-refractivity contribution in [3.05, 3.63) is 23.5 Å². The lowest BCUT2D eigenvalue weighted by atomic mass is 10.0. The van der Waals surface area contributed by atoms with E-state index in [4.69, 9.17) is 0 Å². The number of fused-ring (bicyclic) bond motifs is 1. The van der Waals surface area contributed by atoms with Gasteiger partial charge in [-0.25, -0.2) is 4.98 Å². The fraction of sp³-hybridized carbons (Fsp3) is 0.538. The number of pyridine rings is 1. The van der Waals surface area contributed by atoms with Crippen LogP contribution in [0, 0.1) is 5.92 Å². The summed E-state index contributed by atoms with van der Waals surface area (Å²) in [5.74, 6) is 1.12. The summed E-state index contributed by atoms with van der Waals surface area (Å²) < 4.78 is 0. The molecule has 3 nitrogen and oxygen atoms in total. The first kappa shape index (κ1) is 11.1. The van der Waals surface area contributed by atoms with Crippen molar-refractivity contribution >= 4 is 11.0 Å². The lowest BCUT2D eigenvalue weighted by Crippen LogP contribution is -1.95. The Balaban J connectivity index is 2.46. The molecule has 16 heavy (non-hydrogen) atoms. The monoisotopic (exact) mass is 217 g/mol. The minimum Gasteiger partial charge on any atom is -0.279 e. The van der Waals surface area contributed by atoms with Crippen LogP contribution in [0.1, 0.15) is 44.9 Å². The minimum atomic E-state index is 0.459. The third-order valence-electron chi connectivity index (χ3n) is 2.72. The first-order valence-electron chi connectivity index (χ1n) is 5.90. The average Bonchev–Trinajstić information content (AvgIpc) is 2.59. The van der Waals surface area contributed by atoms with Gasteiger partial charge in [0.25, 0.3) is 0 Å². The molecule has 1 N–H and O–H groups in total. The number of nitrogens with one attached hydrogen (secondary N) is 1. The molecule has 2 aromatic heterocycles. The van der Waals surface area contributed by atoms with Crippen LogP contribution < -0.4 is 0 Å². The highest BCUT2D eigenvalue weighted by atomic mass is 15.1. The molecule has 2 aromatic rings. The molecule has 0 radical (unpaired) electrons. The van der Waals surface area contributed by atoms with E-state index in [2.05, 4.69) is 48.9 Å². The first-order chi connectivity index (χ1) is 7.58. The molecule has 0 saturated heterocycles. The van der Waals surface area contributed by atoms with E-state index < -0.39 is 0 Å². The molecule has 2 rings (SSSR count). The molecule has 0 saturated carbocycles. The van der Waals surface area contributed by atoms with Crippen molar-refractivity contribution in [1.82, 2.24) is 15.2 Å². The Morgan fingerprint density at radius 1 is 1.25 bits per heavy atom. The fourth-order valence-corrected chi connectivity index (χ4v) is 1.98. The fourth-order valence-electron chi connectivity index (χ4n) is 1.98. The molecule has 0 bridgehead atoms. The van der Waals surface area contributed by atoms with Crippen LogP contribution >= 0.6 is 0 Å². The van der Waals surface area contributed by atoms with Gasteiger partial charge in [-0.2, -0.15) is 5.10 Å². The van der Waals surface area contributed by atoms with Crippen molar-refractivity contribution < 1.29 is 0 Å². The summed E-state index contributed by atoms with van der Waals surface area (Å²) in [4.78, 5) is 4.39. The third kappa shape index (κ3) is 2.08. The highest BCUT2D eigenvalue weighted by Crippen LogP contribution is 2.22. The van der Waals surface area contributed by atoms with Crippen molar-refractivity contribution in [3.8, 4) is 0 Å². The largest absolute Gasteiger partial charge is 0.279 e. The van der Waals surface area contributed by atoms with Gasteiger partial charge in [0.2, 0.25) is 0 Å². The van der Waals surface area contributed by atoms with Gasteiger partial charge in [-0.1, -0.05) is 27.7 Å². The zero-order chi connectivity index (χ0) is 11.7. The lowest BCUT2D eigenvalue weighted by Gasteiger charge is -2.05. The Bertz CT molecular complexity index is 483. The van der Waals surface area contributed by atoms with Crippen molar-refractivity contribution in [2.45, 2.75) is 40.0 Å². The summed E-state index contributed by atoms with van der Waals surface area (Å²) in [5.41, 5.74) is 3.31. The molecule has 0 aliphatic heterocycles. The average molecular weight is 217 g/mol. The first-order valence-corrected chi connectivity index (χ1v) is 5.90. The van der Waals surface area contributed by atoms with Gasteiger partial charge in [-0.05, 0) is 29.9 Å². The zero-order valence-electron chi connectivity index (χ0n) is 10.4. The maximum absolute atomic E-state index is 4.39. The van der Waals surface area contributed by atoms with E-state index in [0.29, 0.717) is 11.8 Å². The second-order valence-electron chi connectivity index (χ2n) is 5.10. The summed E-state index contributed by atoms with van der Waals surface area (Å²) >= 11 is 0. The van der Waals surface area contributed by atoms with Crippen LogP contribution in [-0.4, -0.2) is 15.2 Å². The van der Waals surface area contributed by atoms with Crippen molar-refractivity contribution in [3.63, 3.8) is 0 Å². The summed E-state index contributed by atoms with van der Waals surface area (Å²) in [6, 6.07) is 2.22. The topological polar surface area (TPSA) is 41.6 Å². The molecule has 3 heteroatoms. The van der Waals surface area contributed by atoms with E-state index in [-0.39, 0.29) is 0 Å². The minimum absolute atomic E-state index is 0.459. The normalized spacial score (nSPS) is 11.9. The summed E-state index contributed by atoms with van der Waals surface area (Å²) in [6.45, 7) is 8.79. The molecule has 0 fully saturated rings. The number of rotatable bonds is 3. The van der Waals surface area contributed by atoms with E-state index in [0.717, 1.165) is 12.1 Å². The molecule has 0 aliphatic rings. The van der Waals surface area contributed by atoms with E-state index >= 15 is 0 Å². The second-order valence-corrected chi connectivity index (χ2v) is 5.10. The SMILES string of the molecule is CC(C)Cc1cnc2n[nH]c(C(C)C)c2c1. The molecule has 0 spiro atoms. The highest BCUT2D eigenvalue weighted by molar-refractivity contribution is 5.78. The lowest BCUT2D eigenvalue weighted by molar-refractivity contribution is 0.646.